The van der Waals surface area contributed by atoms with E-state index in [1.165, 1.54) is 12.0 Å². The van der Waals surface area contributed by atoms with E-state index in [0.717, 1.165) is 32.1 Å². The van der Waals surface area contributed by atoms with Crippen molar-refractivity contribution in [2.75, 3.05) is 57.2 Å². The summed E-state index contributed by atoms with van der Waals surface area (Å²) in [5, 5.41) is 3.70. The molecule has 12 heteroatoms. The Kier molecular flexibility index (Phi) is 10.5. The van der Waals surface area contributed by atoms with Gasteiger partial charge in [-0.2, -0.15) is 4.98 Å². The number of thiocarbonyl (C=S) groups is 1. The summed E-state index contributed by atoms with van der Waals surface area (Å²) in [7, 11) is 3.12. The zero-order chi connectivity index (χ0) is 32.1. The molecular formula is C33H44N6O5S. The molecule has 5 rings (SSSR count). The first-order chi connectivity index (χ1) is 21.7. The van der Waals surface area contributed by atoms with Gasteiger partial charge in [-0.25, -0.2) is 4.98 Å². The Hall–Kier alpha value is -3.80. The van der Waals surface area contributed by atoms with Crippen molar-refractivity contribution in [1.29, 1.82) is 0 Å². The number of nitrogens with one attached hydrogen (secondary N) is 1. The molecule has 3 fully saturated rings. The number of ether oxygens (including phenoxy) is 2. The van der Waals surface area contributed by atoms with Crippen molar-refractivity contribution in [1.82, 2.24) is 19.8 Å². The van der Waals surface area contributed by atoms with Crippen LogP contribution in [0.15, 0.2) is 23.8 Å². The summed E-state index contributed by atoms with van der Waals surface area (Å²) in [4.78, 5) is 54.7. The first-order valence-electron chi connectivity index (χ1n) is 16.0. The monoisotopic (exact) mass is 636 g/mol. The largest absolute Gasteiger partial charge is 0.493 e. The first kappa shape index (κ1) is 32.6. The normalized spacial score (nSPS) is 19.3. The van der Waals surface area contributed by atoms with Crippen LogP contribution in [0.4, 0.5) is 11.8 Å². The number of Topliss-reactive ketones (excluding diaryl/α,β-unsaturated/α-hetero) is 1. The van der Waals surface area contributed by atoms with Gasteiger partial charge >= 0.3 is 0 Å². The molecule has 2 aromatic rings. The van der Waals surface area contributed by atoms with Gasteiger partial charge in [0.15, 0.2) is 11.5 Å². The molecule has 1 saturated carbocycles. The van der Waals surface area contributed by atoms with Crippen LogP contribution in [0, 0.1) is 5.92 Å². The van der Waals surface area contributed by atoms with E-state index < -0.39 is 6.04 Å². The van der Waals surface area contributed by atoms with Crippen molar-refractivity contribution in [3.05, 3.63) is 23.8 Å². The molecule has 45 heavy (non-hydrogen) atoms. The lowest BCUT2D eigenvalue weighted by molar-refractivity contribution is -0.126. The van der Waals surface area contributed by atoms with E-state index in [1.807, 2.05) is 27.7 Å². The number of carbonyl (C=O) groups is 3. The van der Waals surface area contributed by atoms with Crippen molar-refractivity contribution >= 4 is 57.5 Å². The van der Waals surface area contributed by atoms with Crippen LogP contribution in [0.3, 0.4) is 0 Å². The number of carbonyl (C=O) groups excluding carboxylic acids is 3. The van der Waals surface area contributed by atoms with Gasteiger partial charge in [-0.05, 0) is 51.5 Å². The highest BCUT2D eigenvalue weighted by atomic mass is 32.1. The molecule has 2 atom stereocenters. The van der Waals surface area contributed by atoms with Gasteiger partial charge in [-0.1, -0.05) is 31.1 Å². The van der Waals surface area contributed by atoms with Crippen molar-refractivity contribution in [3.8, 4) is 11.5 Å². The number of rotatable bonds is 9. The van der Waals surface area contributed by atoms with Gasteiger partial charge in [0.1, 0.15) is 17.6 Å². The van der Waals surface area contributed by atoms with Gasteiger partial charge in [0.05, 0.1) is 24.7 Å². The van der Waals surface area contributed by atoms with Gasteiger partial charge in [-0.3, -0.25) is 9.59 Å². The third kappa shape index (κ3) is 7.54. The lowest BCUT2D eigenvalue weighted by Gasteiger charge is -2.34. The van der Waals surface area contributed by atoms with Crippen LogP contribution in [0.1, 0.15) is 65.2 Å². The minimum absolute atomic E-state index is 0.0702. The van der Waals surface area contributed by atoms with Crippen LogP contribution < -0.4 is 19.7 Å². The number of benzene rings is 1. The van der Waals surface area contributed by atoms with Gasteiger partial charge in [0.2, 0.25) is 17.8 Å². The zero-order valence-corrected chi connectivity index (χ0v) is 27.6. The van der Waals surface area contributed by atoms with Crippen LogP contribution in [-0.4, -0.2) is 95.3 Å². The molecule has 2 saturated heterocycles. The number of allylic oxidation sites excluding steroid dienone is 1. The lowest BCUT2D eigenvalue weighted by Crippen LogP contribution is -2.49. The fraction of sp³-hybridized carbons (Fsp3) is 0.576. The summed E-state index contributed by atoms with van der Waals surface area (Å²) in [5.41, 5.74) is 1.86. The standard InChI is InChI=1S/C33H44N6O5S/c1-21(17-22(2)40)32(45)39-12-8-11-26(39)31(42)35-30-24-19-27(43-3)28(44-4)20-25(24)34-33(36-30)38-15-13-37(14-16-38)29(41)18-23-9-6-5-7-10-23/h18-21,26H,5-17H2,1-4H3,(H,34,35,36,42)/t21?,26-/m1/s1. The Labute approximate surface area is 270 Å². The number of methoxy groups -OCH3 is 2. The third-order valence-electron chi connectivity index (χ3n) is 8.98. The van der Waals surface area contributed by atoms with Gasteiger partial charge in [0.25, 0.3) is 0 Å². The number of aromatic nitrogens is 2. The Morgan fingerprint density at radius 2 is 1.69 bits per heavy atom. The maximum absolute atomic E-state index is 13.8. The number of amides is 2. The van der Waals surface area contributed by atoms with Crippen molar-refractivity contribution < 1.29 is 23.9 Å². The highest BCUT2D eigenvalue weighted by Crippen LogP contribution is 2.36. The first-order valence-corrected chi connectivity index (χ1v) is 16.4. The number of likely N-dealkylation sites (tertiary alicyclic amines) is 1. The molecule has 0 bridgehead atoms. The maximum atomic E-state index is 13.8. The van der Waals surface area contributed by atoms with Crippen molar-refractivity contribution in [2.45, 2.75) is 71.3 Å². The molecule has 1 aliphatic carbocycles. The van der Waals surface area contributed by atoms with E-state index in [-0.39, 0.29) is 23.5 Å². The molecule has 1 unspecified atom stereocenters. The van der Waals surface area contributed by atoms with E-state index >= 15 is 0 Å². The summed E-state index contributed by atoms with van der Waals surface area (Å²) in [6.07, 6.45) is 9.25. The maximum Gasteiger partial charge on any atom is 0.248 e. The molecule has 3 aliphatic rings. The van der Waals surface area contributed by atoms with E-state index in [0.29, 0.717) is 84.7 Å². The molecule has 11 nitrogen and oxygen atoms in total. The van der Waals surface area contributed by atoms with Crippen LogP contribution >= 0.6 is 12.2 Å². The molecule has 3 heterocycles. The molecule has 242 valence electrons. The van der Waals surface area contributed by atoms with E-state index in [1.54, 1.807) is 33.3 Å². The molecule has 1 aromatic carbocycles. The van der Waals surface area contributed by atoms with Gasteiger partial charge in [-0.15, -0.1) is 0 Å². The zero-order valence-electron chi connectivity index (χ0n) is 26.8. The van der Waals surface area contributed by atoms with Gasteiger partial charge in [0, 0.05) is 62.6 Å². The molecule has 2 amide bonds. The summed E-state index contributed by atoms with van der Waals surface area (Å²) < 4.78 is 11.1. The third-order valence-corrected chi connectivity index (χ3v) is 9.62. The Morgan fingerprint density at radius 3 is 2.36 bits per heavy atom. The number of piperazine rings is 1. The summed E-state index contributed by atoms with van der Waals surface area (Å²) in [6.45, 7) is 6.41. The average molecular weight is 637 g/mol. The summed E-state index contributed by atoms with van der Waals surface area (Å²) >= 11 is 5.73. The topological polar surface area (TPSA) is 117 Å². The molecule has 1 aromatic heterocycles. The smallest absolute Gasteiger partial charge is 0.248 e. The number of ketones is 1. The molecule has 2 aliphatic heterocycles. The predicted molar refractivity (Wildman–Crippen MR) is 178 cm³/mol. The second-order valence-electron chi connectivity index (χ2n) is 12.3. The highest BCUT2D eigenvalue weighted by Gasteiger charge is 2.35. The average Bonchev–Trinajstić information content (AvgIpc) is 3.54. The summed E-state index contributed by atoms with van der Waals surface area (Å²) in [6, 6.07) is 3.09. The number of hydrogen-bond acceptors (Lipinski definition) is 9. The molecular weight excluding hydrogens is 592 g/mol. The minimum atomic E-state index is -0.464. The van der Waals surface area contributed by atoms with Gasteiger partial charge < -0.3 is 34.3 Å². The lowest BCUT2D eigenvalue weighted by atomic mass is 9.94. The quantitative estimate of drug-likeness (QED) is 0.311. The van der Waals surface area contributed by atoms with Crippen molar-refractivity contribution in [2.24, 2.45) is 5.92 Å². The van der Waals surface area contributed by atoms with Crippen molar-refractivity contribution in [3.63, 3.8) is 0 Å². The van der Waals surface area contributed by atoms with Crippen LogP contribution in [-0.2, 0) is 14.4 Å². The number of nitrogens with zero attached hydrogens (tertiary/aromatic N) is 5. The SMILES string of the molecule is COc1cc2nc(N3CCN(C(=O)C=C4CCCCC4)CC3)nc(NC(=O)[C@H]3CCCN3C(=S)C(C)CC(C)=O)c2cc1OC. The fourth-order valence-electron chi connectivity index (χ4n) is 6.53. The van der Waals surface area contributed by atoms with Crippen LogP contribution in [0.25, 0.3) is 10.9 Å². The second kappa shape index (κ2) is 14.5. The number of anilines is 2. The second-order valence-corrected chi connectivity index (χ2v) is 12.7. The Morgan fingerprint density at radius 1 is 1.00 bits per heavy atom. The summed E-state index contributed by atoms with van der Waals surface area (Å²) in [5.74, 6) is 1.67. The number of hydrogen-bond donors (Lipinski definition) is 1. The van der Waals surface area contributed by atoms with E-state index in [2.05, 4.69) is 5.32 Å². The highest BCUT2D eigenvalue weighted by molar-refractivity contribution is 7.80. The van der Waals surface area contributed by atoms with Crippen LogP contribution in [0.5, 0.6) is 11.5 Å². The molecule has 1 N–H and O–H groups in total. The molecule has 0 radical (unpaired) electrons. The van der Waals surface area contributed by atoms with E-state index in [4.69, 9.17) is 31.7 Å². The Bertz CT molecular complexity index is 1480. The van der Waals surface area contributed by atoms with Crippen LogP contribution in [0.2, 0.25) is 0 Å². The van der Waals surface area contributed by atoms with E-state index in [9.17, 15) is 14.4 Å². The fourth-order valence-corrected chi connectivity index (χ4v) is 6.83. The minimum Gasteiger partial charge on any atom is -0.493 e. The predicted octanol–water partition coefficient (Wildman–Crippen LogP) is 4.53. The number of fused-ring (bicyclic) bond motifs is 1. The molecule has 0 spiro atoms. The Balaban J connectivity index is 1.38.